The van der Waals surface area contributed by atoms with Crippen LogP contribution in [0.25, 0.3) is 0 Å². The minimum absolute atomic E-state index is 0.0557. The van der Waals surface area contributed by atoms with Gasteiger partial charge < -0.3 is 10.4 Å². The van der Waals surface area contributed by atoms with Crippen molar-refractivity contribution in [1.29, 1.82) is 0 Å². The maximum atomic E-state index is 11.8. The van der Waals surface area contributed by atoms with Crippen LogP contribution in [0.5, 0.6) is 0 Å². The van der Waals surface area contributed by atoms with Crippen LogP contribution in [0.15, 0.2) is 22.8 Å². The molecule has 0 radical (unpaired) electrons. The summed E-state index contributed by atoms with van der Waals surface area (Å²) in [6, 6.07) is 3.45. The summed E-state index contributed by atoms with van der Waals surface area (Å²) in [7, 11) is 0. The highest BCUT2D eigenvalue weighted by atomic mass is 79.9. The van der Waals surface area contributed by atoms with Crippen LogP contribution in [0.2, 0.25) is 0 Å². The lowest BCUT2D eigenvalue weighted by atomic mass is 10.0. The average molecular weight is 315 g/mol. The lowest BCUT2D eigenvalue weighted by Gasteiger charge is -2.13. The molecule has 0 aliphatic rings. The second-order valence-corrected chi connectivity index (χ2v) is 4.77. The monoisotopic (exact) mass is 314 g/mol. The van der Waals surface area contributed by atoms with Crippen molar-refractivity contribution in [3.05, 3.63) is 28.5 Å². The van der Waals surface area contributed by atoms with Crippen LogP contribution in [0.1, 0.15) is 30.3 Å². The first-order valence-electron chi connectivity index (χ1n) is 5.65. The smallest absolute Gasteiger partial charge is 0.303 e. The number of hydrogen-bond acceptors (Lipinski definition) is 3. The van der Waals surface area contributed by atoms with Crippen molar-refractivity contribution < 1.29 is 14.7 Å². The van der Waals surface area contributed by atoms with E-state index in [9.17, 15) is 9.59 Å². The number of aliphatic carboxylic acids is 1. The zero-order chi connectivity index (χ0) is 13.5. The number of aromatic nitrogens is 1. The van der Waals surface area contributed by atoms with E-state index in [-0.39, 0.29) is 18.2 Å². The van der Waals surface area contributed by atoms with E-state index in [0.717, 1.165) is 0 Å². The summed E-state index contributed by atoms with van der Waals surface area (Å²) in [5, 5.41) is 11.4. The number of carboxylic acid groups (broad SMARTS) is 1. The fourth-order valence-electron chi connectivity index (χ4n) is 1.48. The summed E-state index contributed by atoms with van der Waals surface area (Å²) in [5.41, 5.74) is 0.308. The molecule has 98 valence electrons. The summed E-state index contributed by atoms with van der Waals surface area (Å²) in [4.78, 5) is 26.4. The van der Waals surface area contributed by atoms with E-state index >= 15 is 0 Å². The highest BCUT2D eigenvalue weighted by Gasteiger charge is 2.15. The number of pyridine rings is 1. The van der Waals surface area contributed by atoms with Crippen molar-refractivity contribution in [1.82, 2.24) is 10.3 Å². The number of halogens is 1. The molecule has 1 amide bonds. The van der Waals surface area contributed by atoms with Crippen LogP contribution >= 0.6 is 15.9 Å². The van der Waals surface area contributed by atoms with Gasteiger partial charge in [0.1, 0.15) is 5.69 Å². The van der Waals surface area contributed by atoms with E-state index in [2.05, 4.69) is 26.2 Å². The van der Waals surface area contributed by atoms with Gasteiger partial charge in [0, 0.05) is 23.6 Å². The van der Waals surface area contributed by atoms with Gasteiger partial charge >= 0.3 is 5.97 Å². The van der Waals surface area contributed by atoms with Gasteiger partial charge in [0.15, 0.2) is 0 Å². The minimum Gasteiger partial charge on any atom is -0.481 e. The third-order valence-corrected chi connectivity index (χ3v) is 3.21. The standard InChI is InChI=1S/C12H15BrN2O3/c1-2-8(6-10(16)17)7-15-12(18)11-9(13)4-3-5-14-11/h3-5,8H,2,6-7H2,1H3,(H,15,18)(H,16,17). The van der Waals surface area contributed by atoms with Crippen molar-refractivity contribution in [2.45, 2.75) is 19.8 Å². The Morgan fingerprint density at radius 3 is 2.83 bits per heavy atom. The molecule has 2 N–H and O–H groups in total. The summed E-state index contributed by atoms with van der Waals surface area (Å²) in [6.07, 6.45) is 2.30. The van der Waals surface area contributed by atoms with E-state index in [0.29, 0.717) is 23.1 Å². The Hall–Kier alpha value is -1.43. The lowest BCUT2D eigenvalue weighted by Crippen LogP contribution is -2.30. The summed E-state index contributed by atoms with van der Waals surface area (Å²) >= 11 is 3.24. The number of carboxylic acids is 1. The van der Waals surface area contributed by atoms with Crippen molar-refractivity contribution in [3.8, 4) is 0 Å². The highest BCUT2D eigenvalue weighted by Crippen LogP contribution is 2.13. The van der Waals surface area contributed by atoms with Crippen molar-refractivity contribution in [2.24, 2.45) is 5.92 Å². The minimum atomic E-state index is -0.852. The van der Waals surface area contributed by atoms with Crippen LogP contribution < -0.4 is 5.32 Å². The Balaban J connectivity index is 2.55. The van der Waals surface area contributed by atoms with Gasteiger partial charge in [-0.05, 0) is 34.0 Å². The van der Waals surface area contributed by atoms with Crippen molar-refractivity contribution >= 4 is 27.8 Å². The highest BCUT2D eigenvalue weighted by molar-refractivity contribution is 9.10. The summed E-state index contributed by atoms with van der Waals surface area (Å²) in [6.45, 7) is 2.24. The fraction of sp³-hybridized carbons (Fsp3) is 0.417. The maximum absolute atomic E-state index is 11.8. The number of carbonyl (C=O) groups is 2. The van der Waals surface area contributed by atoms with Gasteiger partial charge in [0.2, 0.25) is 0 Å². The quantitative estimate of drug-likeness (QED) is 0.842. The molecule has 0 aliphatic heterocycles. The maximum Gasteiger partial charge on any atom is 0.303 e. The normalized spacial score (nSPS) is 11.9. The molecular formula is C12H15BrN2O3. The van der Waals surface area contributed by atoms with Crippen LogP contribution in [-0.4, -0.2) is 28.5 Å². The first-order chi connectivity index (χ1) is 8.54. The van der Waals surface area contributed by atoms with Crippen LogP contribution in [0, 0.1) is 5.92 Å². The molecule has 0 aliphatic carbocycles. The lowest BCUT2D eigenvalue weighted by molar-refractivity contribution is -0.138. The van der Waals surface area contributed by atoms with E-state index in [1.165, 1.54) is 6.20 Å². The van der Waals surface area contributed by atoms with Crippen molar-refractivity contribution in [3.63, 3.8) is 0 Å². The SMILES string of the molecule is CCC(CNC(=O)c1ncccc1Br)CC(=O)O. The Labute approximate surface area is 114 Å². The van der Waals surface area contributed by atoms with E-state index in [4.69, 9.17) is 5.11 Å². The molecule has 1 rings (SSSR count). The molecule has 1 atom stereocenters. The molecule has 6 heteroatoms. The molecular weight excluding hydrogens is 300 g/mol. The zero-order valence-electron chi connectivity index (χ0n) is 10.0. The molecule has 5 nitrogen and oxygen atoms in total. The average Bonchev–Trinajstić information content (AvgIpc) is 2.34. The van der Waals surface area contributed by atoms with Gasteiger partial charge in [-0.25, -0.2) is 4.98 Å². The van der Waals surface area contributed by atoms with Gasteiger partial charge in [-0.1, -0.05) is 13.3 Å². The Morgan fingerprint density at radius 1 is 1.56 bits per heavy atom. The third kappa shape index (κ3) is 4.44. The third-order valence-electron chi connectivity index (χ3n) is 2.57. The first-order valence-corrected chi connectivity index (χ1v) is 6.44. The molecule has 18 heavy (non-hydrogen) atoms. The molecule has 1 unspecified atom stereocenters. The molecule has 0 fully saturated rings. The van der Waals surface area contributed by atoms with Gasteiger partial charge in [0.05, 0.1) is 0 Å². The molecule has 0 saturated heterocycles. The molecule has 1 aromatic heterocycles. The molecule has 1 aromatic rings. The van der Waals surface area contributed by atoms with E-state index in [1.54, 1.807) is 12.1 Å². The first kappa shape index (κ1) is 14.6. The predicted molar refractivity (Wildman–Crippen MR) is 70.3 cm³/mol. The molecule has 0 spiro atoms. The number of carbonyl (C=O) groups excluding carboxylic acids is 1. The predicted octanol–water partition coefficient (Wildman–Crippen LogP) is 2.07. The molecule has 0 bridgehead atoms. The number of nitrogens with one attached hydrogen (secondary N) is 1. The van der Waals surface area contributed by atoms with Crippen molar-refractivity contribution in [2.75, 3.05) is 6.54 Å². The Kier molecular flexibility index (Phi) is 5.77. The van der Waals surface area contributed by atoms with Gasteiger partial charge in [-0.3, -0.25) is 9.59 Å². The second-order valence-electron chi connectivity index (χ2n) is 3.92. The zero-order valence-corrected chi connectivity index (χ0v) is 11.6. The van der Waals surface area contributed by atoms with Gasteiger partial charge in [-0.15, -0.1) is 0 Å². The topological polar surface area (TPSA) is 79.3 Å². The van der Waals surface area contributed by atoms with E-state index < -0.39 is 5.97 Å². The van der Waals surface area contributed by atoms with Crippen LogP contribution in [-0.2, 0) is 4.79 Å². The molecule has 0 saturated carbocycles. The number of amides is 1. The molecule has 1 heterocycles. The largest absolute Gasteiger partial charge is 0.481 e. The van der Waals surface area contributed by atoms with E-state index in [1.807, 2.05) is 6.92 Å². The van der Waals surface area contributed by atoms with Crippen LogP contribution in [0.4, 0.5) is 0 Å². The van der Waals surface area contributed by atoms with Gasteiger partial charge in [-0.2, -0.15) is 0 Å². The number of rotatable bonds is 6. The Morgan fingerprint density at radius 2 is 2.28 bits per heavy atom. The fourth-order valence-corrected chi connectivity index (χ4v) is 1.92. The number of hydrogen-bond donors (Lipinski definition) is 2. The Bertz CT molecular complexity index is 437. The van der Waals surface area contributed by atoms with Crippen LogP contribution in [0.3, 0.4) is 0 Å². The summed E-state index contributed by atoms with van der Waals surface area (Å²) < 4.78 is 0.619. The summed E-state index contributed by atoms with van der Waals surface area (Å²) in [5.74, 6) is -1.21. The molecule has 0 aromatic carbocycles. The number of nitrogens with zero attached hydrogens (tertiary/aromatic N) is 1. The second kappa shape index (κ2) is 7.10. The van der Waals surface area contributed by atoms with Gasteiger partial charge in [0.25, 0.3) is 5.91 Å².